The summed E-state index contributed by atoms with van der Waals surface area (Å²) in [6.45, 7) is 5.07. The third-order valence-corrected chi connectivity index (χ3v) is 3.34. The van der Waals surface area contributed by atoms with E-state index in [0.717, 1.165) is 0 Å². The molecule has 1 aromatic carbocycles. The van der Waals surface area contributed by atoms with Crippen LogP contribution in [0.2, 0.25) is 0 Å². The van der Waals surface area contributed by atoms with Crippen molar-refractivity contribution in [2.75, 3.05) is 5.32 Å². The standard InChI is InChI=1S/C16H22N2O4/c1-4-9-16(3,15(21)22)18-14(20)11-7-6-8-12(10-11)17-13(19)5-2/h6-8,10H,4-5,9H2,1-3H3,(H,17,19)(H,18,20)(H,21,22). The van der Waals surface area contributed by atoms with Crippen LogP contribution in [0.5, 0.6) is 0 Å². The molecule has 0 spiro atoms. The van der Waals surface area contributed by atoms with Gasteiger partial charge in [0.05, 0.1) is 0 Å². The Bertz CT molecular complexity index is 571. The van der Waals surface area contributed by atoms with Crippen molar-refractivity contribution in [2.45, 2.75) is 45.6 Å². The summed E-state index contributed by atoms with van der Waals surface area (Å²) in [5, 5.41) is 14.5. The number of rotatable bonds is 7. The Hall–Kier alpha value is -2.37. The number of carboxylic acids is 1. The van der Waals surface area contributed by atoms with Crippen LogP contribution in [-0.4, -0.2) is 28.4 Å². The molecule has 0 saturated heterocycles. The molecule has 0 aliphatic rings. The van der Waals surface area contributed by atoms with E-state index in [0.29, 0.717) is 30.5 Å². The summed E-state index contributed by atoms with van der Waals surface area (Å²) in [7, 11) is 0. The van der Waals surface area contributed by atoms with Gasteiger partial charge in [-0.15, -0.1) is 0 Å². The quantitative estimate of drug-likeness (QED) is 0.721. The normalized spacial score (nSPS) is 13.0. The summed E-state index contributed by atoms with van der Waals surface area (Å²) >= 11 is 0. The number of carbonyl (C=O) groups excluding carboxylic acids is 2. The van der Waals surface area contributed by atoms with Gasteiger partial charge in [-0.05, 0) is 31.5 Å². The monoisotopic (exact) mass is 306 g/mol. The first-order valence-electron chi connectivity index (χ1n) is 7.28. The molecule has 0 saturated carbocycles. The molecule has 22 heavy (non-hydrogen) atoms. The Balaban J connectivity index is 2.91. The maximum absolute atomic E-state index is 12.3. The summed E-state index contributed by atoms with van der Waals surface area (Å²) in [6.07, 6.45) is 1.31. The molecule has 3 N–H and O–H groups in total. The molecule has 0 aromatic heterocycles. The van der Waals surface area contributed by atoms with Crippen LogP contribution >= 0.6 is 0 Å². The number of benzene rings is 1. The van der Waals surface area contributed by atoms with Gasteiger partial charge in [-0.2, -0.15) is 0 Å². The second kappa shape index (κ2) is 7.59. The van der Waals surface area contributed by atoms with E-state index in [1.807, 2.05) is 6.92 Å². The highest BCUT2D eigenvalue weighted by molar-refractivity contribution is 5.99. The lowest BCUT2D eigenvalue weighted by molar-refractivity contribution is -0.144. The van der Waals surface area contributed by atoms with Crippen LogP contribution in [0.3, 0.4) is 0 Å². The molecule has 1 unspecified atom stereocenters. The van der Waals surface area contributed by atoms with Crippen LogP contribution < -0.4 is 10.6 Å². The maximum atomic E-state index is 12.3. The van der Waals surface area contributed by atoms with Crippen LogP contribution in [-0.2, 0) is 9.59 Å². The molecule has 0 aliphatic carbocycles. The summed E-state index contributed by atoms with van der Waals surface area (Å²) in [6, 6.07) is 6.41. The van der Waals surface area contributed by atoms with E-state index in [1.54, 1.807) is 25.1 Å². The van der Waals surface area contributed by atoms with Crippen molar-refractivity contribution in [2.24, 2.45) is 0 Å². The molecule has 6 heteroatoms. The highest BCUT2D eigenvalue weighted by atomic mass is 16.4. The highest BCUT2D eigenvalue weighted by Crippen LogP contribution is 2.16. The third kappa shape index (κ3) is 4.58. The number of nitrogens with one attached hydrogen (secondary N) is 2. The fraction of sp³-hybridized carbons (Fsp3) is 0.438. The van der Waals surface area contributed by atoms with E-state index < -0.39 is 17.4 Å². The number of carboxylic acid groups (broad SMARTS) is 1. The summed E-state index contributed by atoms with van der Waals surface area (Å²) in [4.78, 5) is 35.0. The van der Waals surface area contributed by atoms with Gasteiger partial charge in [0.25, 0.3) is 5.91 Å². The molecule has 1 rings (SSSR count). The molecule has 0 radical (unpaired) electrons. The molecule has 6 nitrogen and oxygen atoms in total. The molecule has 1 aromatic rings. The van der Waals surface area contributed by atoms with Gasteiger partial charge in [0.1, 0.15) is 5.54 Å². The molecule has 0 bridgehead atoms. The molecule has 2 amide bonds. The second-order valence-electron chi connectivity index (χ2n) is 5.32. The van der Waals surface area contributed by atoms with Gasteiger partial charge in [-0.25, -0.2) is 4.79 Å². The van der Waals surface area contributed by atoms with Crippen LogP contribution in [0.1, 0.15) is 50.4 Å². The van der Waals surface area contributed by atoms with Crippen molar-refractivity contribution in [3.8, 4) is 0 Å². The van der Waals surface area contributed by atoms with E-state index in [1.165, 1.54) is 13.0 Å². The zero-order valence-corrected chi connectivity index (χ0v) is 13.1. The Morgan fingerprint density at radius 2 is 1.91 bits per heavy atom. The second-order valence-corrected chi connectivity index (χ2v) is 5.32. The third-order valence-electron chi connectivity index (χ3n) is 3.34. The molecule has 0 fully saturated rings. The van der Waals surface area contributed by atoms with Crippen molar-refractivity contribution < 1.29 is 19.5 Å². The smallest absolute Gasteiger partial charge is 0.329 e. The lowest BCUT2D eigenvalue weighted by atomic mass is 9.95. The summed E-state index contributed by atoms with van der Waals surface area (Å²) < 4.78 is 0. The van der Waals surface area contributed by atoms with E-state index >= 15 is 0 Å². The fourth-order valence-electron chi connectivity index (χ4n) is 2.03. The number of hydrogen-bond acceptors (Lipinski definition) is 3. The van der Waals surface area contributed by atoms with Gasteiger partial charge in [0, 0.05) is 17.7 Å². The predicted octanol–water partition coefficient (Wildman–Crippen LogP) is 2.41. The van der Waals surface area contributed by atoms with Crippen LogP contribution in [0.25, 0.3) is 0 Å². The van der Waals surface area contributed by atoms with Crippen molar-refractivity contribution >= 4 is 23.5 Å². The molecular weight excluding hydrogens is 284 g/mol. The van der Waals surface area contributed by atoms with Crippen molar-refractivity contribution in [3.05, 3.63) is 29.8 Å². The molecule has 0 heterocycles. The SMILES string of the molecule is CCCC(C)(NC(=O)c1cccc(NC(=O)CC)c1)C(=O)O. The molecule has 0 aliphatic heterocycles. The largest absolute Gasteiger partial charge is 0.480 e. The Morgan fingerprint density at radius 3 is 2.45 bits per heavy atom. The minimum atomic E-state index is -1.31. The minimum absolute atomic E-state index is 0.154. The first-order chi connectivity index (χ1) is 10.3. The van der Waals surface area contributed by atoms with Gasteiger partial charge >= 0.3 is 5.97 Å². The van der Waals surface area contributed by atoms with Crippen LogP contribution in [0.15, 0.2) is 24.3 Å². The minimum Gasteiger partial charge on any atom is -0.480 e. The van der Waals surface area contributed by atoms with E-state index in [2.05, 4.69) is 10.6 Å². The summed E-state index contributed by atoms with van der Waals surface area (Å²) in [5.41, 5.74) is -0.501. The molecule has 120 valence electrons. The number of amides is 2. The van der Waals surface area contributed by atoms with Gasteiger partial charge in [0.2, 0.25) is 5.91 Å². The number of anilines is 1. The average Bonchev–Trinajstić information content (AvgIpc) is 2.47. The first-order valence-corrected chi connectivity index (χ1v) is 7.28. The predicted molar refractivity (Wildman–Crippen MR) is 83.8 cm³/mol. The van der Waals surface area contributed by atoms with Crippen molar-refractivity contribution in [3.63, 3.8) is 0 Å². The van der Waals surface area contributed by atoms with Gasteiger partial charge in [0.15, 0.2) is 0 Å². The van der Waals surface area contributed by atoms with E-state index in [9.17, 15) is 19.5 Å². The Morgan fingerprint density at radius 1 is 1.23 bits per heavy atom. The van der Waals surface area contributed by atoms with Crippen molar-refractivity contribution in [1.82, 2.24) is 5.32 Å². The average molecular weight is 306 g/mol. The maximum Gasteiger partial charge on any atom is 0.329 e. The Labute approximate surface area is 129 Å². The topological polar surface area (TPSA) is 95.5 Å². The van der Waals surface area contributed by atoms with E-state index in [4.69, 9.17) is 0 Å². The zero-order valence-electron chi connectivity index (χ0n) is 13.1. The summed E-state index contributed by atoms with van der Waals surface area (Å²) in [5.74, 6) is -1.71. The van der Waals surface area contributed by atoms with Gasteiger partial charge in [-0.3, -0.25) is 9.59 Å². The highest BCUT2D eigenvalue weighted by Gasteiger charge is 2.34. The number of hydrogen-bond donors (Lipinski definition) is 3. The van der Waals surface area contributed by atoms with Crippen LogP contribution in [0, 0.1) is 0 Å². The van der Waals surface area contributed by atoms with Crippen LogP contribution in [0.4, 0.5) is 5.69 Å². The first kappa shape index (κ1) is 17.7. The van der Waals surface area contributed by atoms with Crippen molar-refractivity contribution in [1.29, 1.82) is 0 Å². The number of carbonyl (C=O) groups is 3. The zero-order chi connectivity index (χ0) is 16.8. The molecule has 1 atom stereocenters. The lowest BCUT2D eigenvalue weighted by Crippen LogP contribution is -2.52. The van der Waals surface area contributed by atoms with E-state index in [-0.39, 0.29) is 5.91 Å². The van der Waals surface area contributed by atoms with Gasteiger partial charge < -0.3 is 15.7 Å². The Kier molecular flexibility index (Phi) is 6.10. The lowest BCUT2D eigenvalue weighted by Gasteiger charge is -2.25. The molecular formula is C16H22N2O4. The van der Waals surface area contributed by atoms with Gasteiger partial charge in [-0.1, -0.05) is 26.3 Å². The fourth-order valence-corrected chi connectivity index (χ4v) is 2.03. The number of aliphatic carboxylic acids is 1.